The number of nitrogens with one attached hydrogen (secondary N) is 1. The van der Waals surface area contributed by atoms with Crippen molar-refractivity contribution in [3.05, 3.63) is 0 Å². The summed E-state index contributed by atoms with van der Waals surface area (Å²) in [5.41, 5.74) is 0. The van der Waals surface area contributed by atoms with E-state index in [1.807, 2.05) is 0 Å². The lowest BCUT2D eigenvalue weighted by Gasteiger charge is -2.40. The Morgan fingerprint density at radius 1 is 1.04 bits per heavy atom. The molecule has 3 rings (SSSR count). The summed E-state index contributed by atoms with van der Waals surface area (Å²) in [4.78, 5) is 17.7. The van der Waals surface area contributed by atoms with E-state index in [1.54, 1.807) is 0 Å². The van der Waals surface area contributed by atoms with Gasteiger partial charge in [0.15, 0.2) is 0 Å². The van der Waals surface area contributed by atoms with Crippen molar-refractivity contribution in [1.82, 2.24) is 15.1 Å². The van der Waals surface area contributed by atoms with Gasteiger partial charge in [0.2, 0.25) is 5.91 Å². The first-order valence-electron chi connectivity index (χ1n) is 10.9. The van der Waals surface area contributed by atoms with E-state index in [0.29, 0.717) is 17.7 Å². The fraction of sp³-hybridized carbons (Fsp3) is 0.952. The van der Waals surface area contributed by atoms with Crippen molar-refractivity contribution in [2.75, 3.05) is 39.3 Å². The molecular formula is C21H41Cl2N3O. The monoisotopic (exact) mass is 421 g/mol. The number of hydrogen-bond acceptors (Lipinski definition) is 3. The van der Waals surface area contributed by atoms with Crippen LogP contribution in [0.15, 0.2) is 0 Å². The molecule has 1 N–H and O–H groups in total. The van der Waals surface area contributed by atoms with Gasteiger partial charge in [0.25, 0.3) is 0 Å². The van der Waals surface area contributed by atoms with E-state index >= 15 is 0 Å². The van der Waals surface area contributed by atoms with Crippen LogP contribution in [0.5, 0.6) is 0 Å². The first-order chi connectivity index (χ1) is 12.1. The smallest absolute Gasteiger partial charge is 0.222 e. The number of carbonyl (C=O) groups is 1. The lowest BCUT2D eigenvalue weighted by Crippen LogP contribution is -2.47. The van der Waals surface area contributed by atoms with E-state index in [2.05, 4.69) is 29.0 Å². The molecule has 0 aliphatic carbocycles. The zero-order valence-corrected chi connectivity index (χ0v) is 19.0. The lowest BCUT2D eigenvalue weighted by molar-refractivity contribution is -0.134. The van der Waals surface area contributed by atoms with Gasteiger partial charge in [-0.15, -0.1) is 24.8 Å². The first-order valence-corrected chi connectivity index (χ1v) is 10.9. The molecule has 3 aliphatic heterocycles. The summed E-state index contributed by atoms with van der Waals surface area (Å²) < 4.78 is 0. The second kappa shape index (κ2) is 12.5. The molecule has 4 nitrogen and oxygen atoms in total. The molecule has 160 valence electrons. The summed E-state index contributed by atoms with van der Waals surface area (Å²) in [5, 5.41) is 3.43. The number of hydrogen-bond donors (Lipinski definition) is 1. The van der Waals surface area contributed by atoms with Crippen molar-refractivity contribution < 1.29 is 4.79 Å². The number of carbonyl (C=O) groups excluding carboxylic acids is 1. The van der Waals surface area contributed by atoms with Gasteiger partial charge in [-0.2, -0.15) is 0 Å². The summed E-state index contributed by atoms with van der Waals surface area (Å²) in [6.07, 6.45) is 9.83. The minimum absolute atomic E-state index is 0. The van der Waals surface area contributed by atoms with Crippen LogP contribution in [0, 0.1) is 17.8 Å². The third kappa shape index (κ3) is 7.38. The molecule has 0 spiro atoms. The van der Waals surface area contributed by atoms with E-state index < -0.39 is 0 Å². The van der Waals surface area contributed by atoms with Crippen LogP contribution in [0.4, 0.5) is 0 Å². The fourth-order valence-corrected chi connectivity index (χ4v) is 5.19. The molecule has 3 atom stereocenters. The summed E-state index contributed by atoms with van der Waals surface area (Å²) in [5.74, 6) is 2.38. The predicted octanol–water partition coefficient (Wildman–Crippen LogP) is 3.97. The third-order valence-corrected chi connectivity index (χ3v) is 6.99. The number of nitrogens with zero attached hydrogens (tertiary/aromatic N) is 2. The number of halogens is 2. The molecule has 0 bridgehead atoms. The van der Waals surface area contributed by atoms with E-state index in [4.69, 9.17) is 0 Å². The maximum Gasteiger partial charge on any atom is 0.222 e. The van der Waals surface area contributed by atoms with Crippen LogP contribution in [0.3, 0.4) is 0 Å². The highest BCUT2D eigenvalue weighted by Crippen LogP contribution is 2.27. The Labute approximate surface area is 179 Å². The zero-order valence-electron chi connectivity index (χ0n) is 17.3. The van der Waals surface area contributed by atoms with Gasteiger partial charge < -0.3 is 15.1 Å². The first kappa shape index (κ1) is 25.0. The molecule has 3 saturated heterocycles. The van der Waals surface area contributed by atoms with Crippen LogP contribution in [-0.4, -0.2) is 61.0 Å². The average Bonchev–Trinajstić information content (AvgIpc) is 2.64. The molecule has 0 saturated carbocycles. The Kier molecular flexibility index (Phi) is 11.6. The van der Waals surface area contributed by atoms with E-state index in [1.165, 1.54) is 58.0 Å². The Morgan fingerprint density at radius 3 is 2.48 bits per heavy atom. The quantitative estimate of drug-likeness (QED) is 0.728. The van der Waals surface area contributed by atoms with Gasteiger partial charge in [-0.05, 0) is 82.8 Å². The van der Waals surface area contributed by atoms with Crippen molar-refractivity contribution >= 4 is 30.7 Å². The van der Waals surface area contributed by atoms with Crippen LogP contribution >= 0.6 is 24.8 Å². The topological polar surface area (TPSA) is 35.6 Å². The van der Waals surface area contributed by atoms with Crippen molar-refractivity contribution in [3.8, 4) is 0 Å². The second-order valence-electron chi connectivity index (χ2n) is 8.96. The van der Waals surface area contributed by atoms with Gasteiger partial charge in [0.1, 0.15) is 0 Å². The number of piperidine rings is 3. The molecule has 3 unspecified atom stereocenters. The molecular weight excluding hydrogens is 381 g/mol. The van der Waals surface area contributed by atoms with Gasteiger partial charge in [0, 0.05) is 32.1 Å². The van der Waals surface area contributed by atoms with E-state index in [0.717, 1.165) is 44.6 Å². The summed E-state index contributed by atoms with van der Waals surface area (Å²) >= 11 is 0. The Hall–Kier alpha value is -0.0300. The fourth-order valence-electron chi connectivity index (χ4n) is 5.19. The molecule has 0 aromatic heterocycles. The van der Waals surface area contributed by atoms with Gasteiger partial charge >= 0.3 is 0 Å². The summed E-state index contributed by atoms with van der Waals surface area (Å²) in [7, 11) is 0. The molecule has 27 heavy (non-hydrogen) atoms. The number of likely N-dealkylation sites (tertiary alicyclic amines) is 2. The van der Waals surface area contributed by atoms with Gasteiger partial charge in [0.05, 0.1) is 0 Å². The largest absolute Gasteiger partial charge is 0.342 e. The molecule has 0 aromatic carbocycles. The van der Waals surface area contributed by atoms with Crippen molar-refractivity contribution in [2.45, 2.75) is 71.3 Å². The maximum absolute atomic E-state index is 12.8. The number of rotatable bonds is 5. The molecule has 3 fully saturated rings. The minimum Gasteiger partial charge on any atom is -0.342 e. The highest BCUT2D eigenvalue weighted by molar-refractivity contribution is 5.85. The molecule has 6 heteroatoms. The van der Waals surface area contributed by atoms with Crippen molar-refractivity contribution in [1.29, 1.82) is 0 Å². The van der Waals surface area contributed by atoms with Gasteiger partial charge in [-0.25, -0.2) is 0 Å². The van der Waals surface area contributed by atoms with Crippen LogP contribution in [-0.2, 0) is 4.79 Å². The van der Waals surface area contributed by atoms with Gasteiger partial charge in [-0.3, -0.25) is 4.79 Å². The SMILES string of the molecule is CC(CC(=O)N1CCCC(CN2CCCCC2C)C1)C1CCNCC1.Cl.Cl. The molecule has 0 aromatic rings. The van der Waals surface area contributed by atoms with Crippen LogP contribution < -0.4 is 5.32 Å². The zero-order chi connectivity index (χ0) is 17.6. The number of amides is 1. The molecule has 0 radical (unpaired) electrons. The lowest BCUT2D eigenvalue weighted by atomic mass is 9.83. The predicted molar refractivity (Wildman–Crippen MR) is 118 cm³/mol. The molecule has 3 aliphatic rings. The van der Waals surface area contributed by atoms with Crippen molar-refractivity contribution in [2.24, 2.45) is 17.8 Å². The van der Waals surface area contributed by atoms with Crippen LogP contribution in [0.25, 0.3) is 0 Å². The van der Waals surface area contributed by atoms with Gasteiger partial charge in [-0.1, -0.05) is 13.3 Å². The second-order valence-corrected chi connectivity index (χ2v) is 8.96. The standard InChI is InChI=1S/C21H39N3O.2ClH/c1-17(20-8-10-22-11-9-20)14-21(25)24-13-5-7-19(16-24)15-23-12-4-3-6-18(23)2;;/h17-20,22H,3-16H2,1-2H3;2*1H. The van der Waals surface area contributed by atoms with Crippen LogP contribution in [0.1, 0.15) is 65.2 Å². The van der Waals surface area contributed by atoms with Crippen LogP contribution in [0.2, 0.25) is 0 Å². The Bertz CT molecular complexity index is 432. The third-order valence-electron chi connectivity index (χ3n) is 6.99. The van der Waals surface area contributed by atoms with E-state index in [-0.39, 0.29) is 24.8 Å². The molecule has 3 heterocycles. The highest BCUT2D eigenvalue weighted by Gasteiger charge is 2.29. The van der Waals surface area contributed by atoms with E-state index in [9.17, 15) is 4.79 Å². The average molecular weight is 422 g/mol. The summed E-state index contributed by atoms with van der Waals surface area (Å²) in [6, 6.07) is 0.736. The summed E-state index contributed by atoms with van der Waals surface area (Å²) in [6.45, 7) is 11.4. The maximum atomic E-state index is 12.8. The minimum atomic E-state index is 0. The highest BCUT2D eigenvalue weighted by atomic mass is 35.5. The normalized spacial score (nSPS) is 28.7. The molecule has 1 amide bonds. The van der Waals surface area contributed by atoms with Crippen molar-refractivity contribution in [3.63, 3.8) is 0 Å². The Balaban J connectivity index is 0.00000182. The Morgan fingerprint density at radius 2 is 1.78 bits per heavy atom.